The second-order valence-corrected chi connectivity index (χ2v) is 4.27. The highest BCUT2D eigenvalue weighted by atomic mass is 16.5. The summed E-state index contributed by atoms with van der Waals surface area (Å²) in [5.74, 6) is 0.868. The average molecular weight is 223 g/mol. The lowest BCUT2D eigenvalue weighted by molar-refractivity contribution is 0.415. The molecule has 0 aliphatic heterocycles. The van der Waals surface area contributed by atoms with Crippen LogP contribution in [0.2, 0.25) is 0 Å². The van der Waals surface area contributed by atoms with E-state index in [1.165, 1.54) is 10.6 Å². The summed E-state index contributed by atoms with van der Waals surface area (Å²) in [6.45, 7) is 0. The van der Waals surface area contributed by atoms with Gasteiger partial charge in [-0.2, -0.15) is 0 Å². The molecule has 0 saturated carbocycles. The Balaban J connectivity index is 2.37. The molecule has 0 radical (unpaired) electrons. The molecule has 2 aromatic carbocycles. The van der Waals surface area contributed by atoms with Crippen LogP contribution < -0.4 is 15.2 Å². The molecule has 1 aliphatic rings. The molecule has 0 fully saturated rings. The lowest BCUT2D eigenvalue weighted by Crippen LogP contribution is -2.28. The van der Waals surface area contributed by atoms with Crippen LogP contribution in [-0.2, 0) is 0 Å². The normalized spacial score (nSPS) is 13.8. The Labute approximate surface area is 99.4 Å². The molecule has 2 heteroatoms. The van der Waals surface area contributed by atoms with Crippen molar-refractivity contribution >= 4 is 28.6 Å². The van der Waals surface area contributed by atoms with Crippen molar-refractivity contribution in [1.82, 2.24) is 0 Å². The Morgan fingerprint density at radius 1 is 1.06 bits per heavy atom. The molecule has 0 unspecified atom stereocenters. The lowest BCUT2D eigenvalue weighted by Gasteiger charge is -2.06. The molecule has 2 aromatic rings. The Kier molecular flexibility index (Phi) is 2.22. The highest BCUT2D eigenvalue weighted by Crippen LogP contribution is 2.18. The maximum atomic E-state index is 7.69. The molecule has 0 bridgehead atoms. The number of nitrogens with one attached hydrogen (secondary N) is 1. The fraction of sp³-hybridized carbons (Fsp3) is 0.133. The fourth-order valence-electron chi connectivity index (χ4n) is 2.21. The van der Waals surface area contributed by atoms with Crippen LogP contribution >= 0.6 is 0 Å². The highest BCUT2D eigenvalue weighted by molar-refractivity contribution is 6.11. The Morgan fingerprint density at radius 2 is 1.88 bits per heavy atom. The summed E-state index contributed by atoms with van der Waals surface area (Å²) in [5, 5.41) is 12.4. The summed E-state index contributed by atoms with van der Waals surface area (Å²) < 4.78 is 5.23. The van der Waals surface area contributed by atoms with Crippen LogP contribution in [0.25, 0.3) is 22.9 Å². The zero-order chi connectivity index (χ0) is 11.8. The SMILES string of the molecule is COc1ccc2cc3c(cc2c1)=CC(=N)CC=3. The van der Waals surface area contributed by atoms with E-state index in [1.807, 2.05) is 18.2 Å². The molecule has 84 valence electrons. The third kappa shape index (κ3) is 1.72. The molecular formula is C15H13NO. The van der Waals surface area contributed by atoms with Gasteiger partial charge in [0.25, 0.3) is 0 Å². The van der Waals surface area contributed by atoms with E-state index in [1.54, 1.807) is 7.11 Å². The minimum atomic E-state index is 0.666. The van der Waals surface area contributed by atoms with E-state index in [0.29, 0.717) is 5.71 Å². The van der Waals surface area contributed by atoms with Gasteiger partial charge in [-0.15, -0.1) is 0 Å². The molecule has 3 rings (SSSR count). The number of methoxy groups -OCH3 is 1. The van der Waals surface area contributed by atoms with Crippen LogP contribution in [0.1, 0.15) is 6.42 Å². The topological polar surface area (TPSA) is 33.1 Å². The van der Waals surface area contributed by atoms with Gasteiger partial charge in [0, 0.05) is 12.1 Å². The minimum absolute atomic E-state index is 0.666. The molecule has 0 saturated heterocycles. The van der Waals surface area contributed by atoms with E-state index in [9.17, 15) is 0 Å². The van der Waals surface area contributed by atoms with Gasteiger partial charge in [-0.3, -0.25) is 0 Å². The Morgan fingerprint density at radius 3 is 2.71 bits per heavy atom. The molecule has 0 amide bonds. The van der Waals surface area contributed by atoms with Crippen LogP contribution in [-0.4, -0.2) is 12.8 Å². The van der Waals surface area contributed by atoms with Gasteiger partial charge in [-0.05, 0) is 51.6 Å². The first kappa shape index (κ1) is 10.1. The van der Waals surface area contributed by atoms with Gasteiger partial charge in [0.2, 0.25) is 0 Å². The zero-order valence-electron chi connectivity index (χ0n) is 9.66. The van der Waals surface area contributed by atoms with Crippen LogP contribution in [0.15, 0.2) is 30.3 Å². The van der Waals surface area contributed by atoms with Gasteiger partial charge in [-0.1, -0.05) is 12.1 Å². The van der Waals surface area contributed by atoms with Crippen molar-refractivity contribution in [1.29, 1.82) is 5.41 Å². The molecule has 0 atom stereocenters. The van der Waals surface area contributed by atoms with Crippen molar-refractivity contribution < 1.29 is 4.74 Å². The van der Waals surface area contributed by atoms with Gasteiger partial charge < -0.3 is 10.1 Å². The van der Waals surface area contributed by atoms with Crippen molar-refractivity contribution in [2.75, 3.05) is 7.11 Å². The van der Waals surface area contributed by atoms with E-state index in [0.717, 1.165) is 22.8 Å². The van der Waals surface area contributed by atoms with Crippen molar-refractivity contribution in [3.63, 3.8) is 0 Å². The summed E-state index contributed by atoms with van der Waals surface area (Å²) >= 11 is 0. The van der Waals surface area contributed by atoms with Crippen molar-refractivity contribution in [2.24, 2.45) is 0 Å². The van der Waals surface area contributed by atoms with Crippen molar-refractivity contribution in [3.05, 3.63) is 40.8 Å². The van der Waals surface area contributed by atoms with Crippen molar-refractivity contribution in [2.45, 2.75) is 6.42 Å². The van der Waals surface area contributed by atoms with Crippen LogP contribution in [0.4, 0.5) is 0 Å². The maximum Gasteiger partial charge on any atom is 0.119 e. The van der Waals surface area contributed by atoms with Crippen LogP contribution in [0.5, 0.6) is 5.75 Å². The van der Waals surface area contributed by atoms with E-state index in [4.69, 9.17) is 10.1 Å². The third-order valence-corrected chi connectivity index (χ3v) is 3.12. The number of hydrogen-bond acceptors (Lipinski definition) is 2. The molecule has 0 spiro atoms. The summed E-state index contributed by atoms with van der Waals surface area (Å²) in [6, 6.07) is 10.4. The zero-order valence-corrected chi connectivity index (χ0v) is 9.66. The number of hydrogen-bond donors (Lipinski definition) is 1. The number of rotatable bonds is 1. The monoisotopic (exact) mass is 223 g/mol. The molecular weight excluding hydrogens is 210 g/mol. The van der Waals surface area contributed by atoms with Gasteiger partial charge in [-0.25, -0.2) is 0 Å². The van der Waals surface area contributed by atoms with Crippen LogP contribution in [0, 0.1) is 5.41 Å². The highest BCUT2D eigenvalue weighted by Gasteiger charge is 2.01. The van der Waals surface area contributed by atoms with Gasteiger partial charge in [0.1, 0.15) is 5.75 Å². The van der Waals surface area contributed by atoms with E-state index in [2.05, 4.69) is 24.3 Å². The molecule has 1 aliphatic carbocycles. The van der Waals surface area contributed by atoms with Gasteiger partial charge >= 0.3 is 0 Å². The molecule has 17 heavy (non-hydrogen) atoms. The molecule has 1 N–H and O–H groups in total. The minimum Gasteiger partial charge on any atom is -0.497 e. The second kappa shape index (κ2) is 3.74. The summed E-state index contributed by atoms with van der Waals surface area (Å²) in [6.07, 6.45) is 4.78. The lowest BCUT2D eigenvalue weighted by atomic mass is 10.0. The first-order chi connectivity index (χ1) is 8.26. The fourth-order valence-corrected chi connectivity index (χ4v) is 2.21. The number of ether oxygens (including phenoxy) is 1. The first-order valence-corrected chi connectivity index (χ1v) is 5.63. The third-order valence-electron chi connectivity index (χ3n) is 3.12. The smallest absolute Gasteiger partial charge is 0.119 e. The number of fused-ring (bicyclic) bond motifs is 2. The molecule has 2 nitrogen and oxygen atoms in total. The van der Waals surface area contributed by atoms with E-state index >= 15 is 0 Å². The Hall–Kier alpha value is -2.09. The van der Waals surface area contributed by atoms with Crippen molar-refractivity contribution in [3.8, 4) is 5.75 Å². The predicted molar refractivity (Wildman–Crippen MR) is 71.0 cm³/mol. The quantitative estimate of drug-likeness (QED) is 0.786. The predicted octanol–water partition coefficient (Wildman–Crippen LogP) is 1.83. The van der Waals surface area contributed by atoms with Gasteiger partial charge in [0.15, 0.2) is 0 Å². The summed E-state index contributed by atoms with van der Waals surface area (Å²) in [5.41, 5.74) is 0.666. The van der Waals surface area contributed by atoms with E-state index < -0.39 is 0 Å². The summed E-state index contributed by atoms with van der Waals surface area (Å²) in [4.78, 5) is 0. The number of benzene rings is 2. The van der Waals surface area contributed by atoms with E-state index in [-0.39, 0.29) is 0 Å². The maximum absolute atomic E-state index is 7.69. The van der Waals surface area contributed by atoms with Gasteiger partial charge in [0.05, 0.1) is 7.11 Å². The standard InChI is InChI=1S/C15H13NO/c1-17-15-5-3-11-6-10-2-4-14(16)8-12(10)7-13(11)9-15/h2-3,5-9,16H,4H2,1H3. The average Bonchev–Trinajstić information content (AvgIpc) is 2.35. The van der Waals surface area contributed by atoms with Crippen LogP contribution in [0.3, 0.4) is 0 Å². The molecule has 0 heterocycles. The Bertz CT molecular complexity index is 728. The largest absolute Gasteiger partial charge is 0.497 e. The first-order valence-electron chi connectivity index (χ1n) is 5.63. The second-order valence-electron chi connectivity index (χ2n) is 4.27. The summed E-state index contributed by atoms with van der Waals surface area (Å²) in [7, 11) is 1.68. The molecule has 0 aromatic heterocycles.